The van der Waals surface area contributed by atoms with Gasteiger partial charge < -0.3 is 4.90 Å². The Morgan fingerprint density at radius 1 is 0.313 bits per heavy atom. The molecule has 0 spiro atoms. The summed E-state index contributed by atoms with van der Waals surface area (Å²) in [5.74, 6) is 0. The summed E-state index contributed by atoms with van der Waals surface area (Å²) in [4.78, 5) is 2.49. The van der Waals surface area contributed by atoms with Gasteiger partial charge in [-0.05, 0) is 121 Å². The van der Waals surface area contributed by atoms with Crippen molar-refractivity contribution in [3.05, 3.63) is 283 Å². The topological polar surface area (TPSA) is 3.24 Å². The minimum absolute atomic E-state index is 0.528. The summed E-state index contributed by atoms with van der Waals surface area (Å²) in [6.45, 7) is 0. The third kappa shape index (κ3) is 6.37. The lowest BCUT2D eigenvalue weighted by atomic mass is 9.67. The standard InChI is InChI=1S/C65H43NS/c1-3-18-50(19-4-1)65(51-20-5-2-6-21-51)59-26-12-9-22-54(59)55-41-40-53(43-60(55)65)66(61-27-13-10-23-56(61)57-25-15-29-63-64(57)58-24-11-14-28-62(58)67-63)52-38-36-46(37-39-52)45-30-32-47(33-31-45)49-35-34-44-16-7-8-17-48(44)42-49/h1-43H. The fourth-order valence-electron chi connectivity index (χ4n) is 10.9. The van der Waals surface area contributed by atoms with Crippen molar-refractivity contribution in [2.75, 3.05) is 4.90 Å². The zero-order valence-corrected chi connectivity index (χ0v) is 37.5. The Morgan fingerprint density at radius 2 is 0.851 bits per heavy atom. The van der Waals surface area contributed by atoms with Gasteiger partial charge in [-0.3, -0.25) is 0 Å². The maximum Gasteiger partial charge on any atom is 0.0714 e. The fourth-order valence-corrected chi connectivity index (χ4v) is 12.1. The molecule has 0 saturated heterocycles. The second-order valence-electron chi connectivity index (χ2n) is 17.6. The second kappa shape index (κ2) is 16.0. The Labute approximate surface area is 395 Å². The van der Waals surface area contributed by atoms with E-state index in [4.69, 9.17) is 0 Å². The number of benzene rings is 11. The Bertz CT molecular complexity index is 3750. The molecule has 12 aromatic rings. The van der Waals surface area contributed by atoms with Gasteiger partial charge in [0.1, 0.15) is 0 Å². The molecule has 0 amide bonds. The number of fused-ring (bicyclic) bond motifs is 7. The minimum Gasteiger partial charge on any atom is -0.310 e. The van der Waals surface area contributed by atoms with Crippen LogP contribution >= 0.6 is 11.3 Å². The van der Waals surface area contributed by atoms with Gasteiger partial charge in [-0.25, -0.2) is 0 Å². The number of nitrogens with zero attached hydrogens (tertiary/aromatic N) is 1. The number of rotatable bonds is 8. The summed E-state index contributed by atoms with van der Waals surface area (Å²) in [5, 5.41) is 5.11. The van der Waals surface area contributed by atoms with Crippen molar-refractivity contribution in [1.82, 2.24) is 0 Å². The molecular weight excluding hydrogens is 827 g/mol. The molecule has 0 aliphatic heterocycles. The van der Waals surface area contributed by atoms with Crippen molar-refractivity contribution >= 4 is 59.3 Å². The number of anilines is 3. The molecule has 67 heavy (non-hydrogen) atoms. The molecule has 0 radical (unpaired) electrons. The lowest BCUT2D eigenvalue weighted by molar-refractivity contribution is 0.768. The predicted octanol–water partition coefficient (Wildman–Crippen LogP) is 18.0. The van der Waals surface area contributed by atoms with Gasteiger partial charge >= 0.3 is 0 Å². The van der Waals surface area contributed by atoms with Gasteiger partial charge in [-0.1, -0.05) is 212 Å². The molecule has 0 atom stereocenters. The molecule has 2 heteroatoms. The van der Waals surface area contributed by atoms with Crippen LogP contribution in [0.15, 0.2) is 261 Å². The third-order valence-corrected chi connectivity index (χ3v) is 15.1. The van der Waals surface area contributed by atoms with E-state index in [9.17, 15) is 0 Å². The molecule has 0 saturated carbocycles. The first-order valence-corrected chi connectivity index (χ1v) is 23.9. The van der Waals surface area contributed by atoms with E-state index in [0.717, 1.165) is 17.1 Å². The average molecular weight is 870 g/mol. The summed E-state index contributed by atoms with van der Waals surface area (Å²) in [5.41, 5.74) is 17.6. The van der Waals surface area contributed by atoms with Crippen LogP contribution in [0, 0.1) is 0 Å². The van der Waals surface area contributed by atoms with Gasteiger partial charge in [0.25, 0.3) is 0 Å². The smallest absolute Gasteiger partial charge is 0.0714 e. The first-order chi connectivity index (χ1) is 33.2. The second-order valence-corrected chi connectivity index (χ2v) is 18.7. The molecule has 0 bridgehead atoms. The number of hydrogen-bond acceptors (Lipinski definition) is 2. The first kappa shape index (κ1) is 39.1. The maximum atomic E-state index is 2.49. The van der Waals surface area contributed by atoms with E-state index in [-0.39, 0.29) is 0 Å². The highest BCUT2D eigenvalue weighted by Crippen LogP contribution is 2.57. The van der Waals surface area contributed by atoms with E-state index in [2.05, 4.69) is 266 Å². The van der Waals surface area contributed by atoms with E-state index in [1.165, 1.54) is 97.7 Å². The van der Waals surface area contributed by atoms with Gasteiger partial charge in [0.15, 0.2) is 0 Å². The van der Waals surface area contributed by atoms with E-state index >= 15 is 0 Å². The van der Waals surface area contributed by atoms with Crippen LogP contribution in [0.2, 0.25) is 0 Å². The summed E-state index contributed by atoms with van der Waals surface area (Å²) >= 11 is 1.87. The van der Waals surface area contributed by atoms with Gasteiger partial charge in [0.05, 0.1) is 11.1 Å². The molecule has 1 nitrogen and oxygen atoms in total. The summed E-state index contributed by atoms with van der Waals surface area (Å²) in [6, 6.07) is 96.4. The van der Waals surface area contributed by atoms with Crippen molar-refractivity contribution in [1.29, 1.82) is 0 Å². The molecular formula is C65H43NS. The summed E-state index contributed by atoms with van der Waals surface area (Å²) in [6.07, 6.45) is 0. The van der Waals surface area contributed by atoms with E-state index in [1.807, 2.05) is 11.3 Å². The third-order valence-electron chi connectivity index (χ3n) is 14.0. The SMILES string of the molecule is c1ccc(C2(c3ccccc3)c3ccccc3-c3ccc(N(c4ccc(-c5ccc(-c6ccc7ccccc7c6)cc5)cc4)c4ccccc4-c4cccc5sc6ccccc6c45)cc32)cc1. The highest BCUT2D eigenvalue weighted by atomic mass is 32.1. The van der Waals surface area contributed by atoms with Crippen LogP contribution in [0.4, 0.5) is 17.1 Å². The van der Waals surface area contributed by atoms with Crippen molar-refractivity contribution in [3.8, 4) is 44.5 Å². The molecule has 1 aliphatic carbocycles. The van der Waals surface area contributed by atoms with Crippen molar-refractivity contribution in [3.63, 3.8) is 0 Å². The van der Waals surface area contributed by atoms with Crippen LogP contribution in [0.1, 0.15) is 22.3 Å². The molecule has 0 N–H and O–H groups in total. The van der Waals surface area contributed by atoms with E-state index in [1.54, 1.807) is 0 Å². The molecule has 1 aliphatic rings. The molecule has 1 heterocycles. The van der Waals surface area contributed by atoms with Crippen molar-refractivity contribution < 1.29 is 0 Å². The quantitative estimate of drug-likeness (QED) is 0.147. The molecule has 314 valence electrons. The Balaban J connectivity index is 0.995. The average Bonchev–Trinajstić information content (AvgIpc) is 3.93. The minimum atomic E-state index is -0.528. The van der Waals surface area contributed by atoms with Crippen LogP contribution < -0.4 is 4.90 Å². The number of hydrogen-bond donors (Lipinski definition) is 0. The lowest BCUT2D eigenvalue weighted by Gasteiger charge is -2.35. The van der Waals surface area contributed by atoms with Gasteiger partial charge in [-0.2, -0.15) is 0 Å². The number of para-hydroxylation sites is 1. The largest absolute Gasteiger partial charge is 0.310 e. The van der Waals surface area contributed by atoms with Crippen molar-refractivity contribution in [2.45, 2.75) is 5.41 Å². The number of thiophene rings is 1. The maximum absolute atomic E-state index is 2.49. The zero-order chi connectivity index (χ0) is 44.3. The van der Waals surface area contributed by atoms with Crippen LogP contribution in [0.5, 0.6) is 0 Å². The van der Waals surface area contributed by atoms with Crippen LogP contribution in [0.25, 0.3) is 75.5 Å². The van der Waals surface area contributed by atoms with Gasteiger partial charge in [-0.15, -0.1) is 11.3 Å². The highest BCUT2D eigenvalue weighted by molar-refractivity contribution is 7.25. The highest BCUT2D eigenvalue weighted by Gasteiger charge is 2.46. The Kier molecular flexibility index (Phi) is 9.33. The zero-order valence-electron chi connectivity index (χ0n) is 36.7. The van der Waals surface area contributed by atoms with Crippen LogP contribution in [-0.4, -0.2) is 0 Å². The normalized spacial score (nSPS) is 12.6. The molecule has 13 rings (SSSR count). The monoisotopic (exact) mass is 869 g/mol. The molecule has 0 fully saturated rings. The van der Waals surface area contributed by atoms with Crippen LogP contribution in [-0.2, 0) is 5.41 Å². The lowest BCUT2D eigenvalue weighted by Crippen LogP contribution is -2.28. The predicted molar refractivity (Wildman–Crippen MR) is 285 cm³/mol. The van der Waals surface area contributed by atoms with Gasteiger partial charge in [0, 0.05) is 37.1 Å². The van der Waals surface area contributed by atoms with Crippen LogP contribution in [0.3, 0.4) is 0 Å². The summed E-state index contributed by atoms with van der Waals surface area (Å²) in [7, 11) is 0. The van der Waals surface area contributed by atoms with Gasteiger partial charge in [0.2, 0.25) is 0 Å². The van der Waals surface area contributed by atoms with Crippen molar-refractivity contribution in [2.24, 2.45) is 0 Å². The molecule has 0 unspecified atom stereocenters. The summed E-state index contributed by atoms with van der Waals surface area (Å²) < 4.78 is 2.60. The molecule has 11 aromatic carbocycles. The van der Waals surface area contributed by atoms with E-state index in [0.29, 0.717) is 0 Å². The Morgan fingerprint density at radius 3 is 1.61 bits per heavy atom. The first-order valence-electron chi connectivity index (χ1n) is 23.1. The molecule has 1 aromatic heterocycles. The Hall–Kier alpha value is -8.30. The van der Waals surface area contributed by atoms with E-state index < -0.39 is 5.41 Å². The fraction of sp³-hybridized carbons (Fsp3) is 0.0154.